The molecule has 0 spiro atoms. The highest BCUT2D eigenvalue weighted by Crippen LogP contribution is 2.41. The van der Waals surface area contributed by atoms with Crippen LogP contribution in [0.15, 0.2) is 170 Å². The Labute approximate surface area is 287 Å². The first-order valence-electron chi connectivity index (χ1n) is 16.6. The predicted octanol–water partition coefficient (Wildman–Crippen LogP) is 13.0. The largest absolute Gasteiger partial charge is 0.252 e. The van der Waals surface area contributed by atoms with E-state index in [-0.39, 0.29) is 0 Å². The van der Waals surface area contributed by atoms with Crippen molar-refractivity contribution < 1.29 is 0 Å². The summed E-state index contributed by atoms with van der Waals surface area (Å²) in [7, 11) is 0. The molecule has 0 atom stereocenters. The molecule has 0 fully saturated rings. The Balaban J connectivity index is 1.04. The molecule has 10 aromatic rings. The van der Waals surface area contributed by atoms with Crippen molar-refractivity contribution in [3.8, 4) is 44.6 Å². The van der Waals surface area contributed by atoms with Crippen LogP contribution in [0.5, 0.6) is 0 Å². The molecule has 2 aromatic heterocycles. The van der Waals surface area contributed by atoms with Crippen LogP contribution in [0.3, 0.4) is 0 Å². The minimum absolute atomic E-state index is 0.871. The molecule has 0 saturated carbocycles. The van der Waals surface area contributed by atoms with Gasteiger partial charge >= 0.3 is 0 Å². The molecule has 0 N–H and O–H groups in total. The van der Waals surface area contributed by atoms with Crippen molar-refractivity contribution in [3.05, 3.63) is 170 Å². The molecule has 0 amide bonds. The van der Waals surface area contributed by atoms with Crippen molar-refractivity contribution in [1.82, 2.24) is 9.97 Å². The Morgan fingerprint density at radius 2 is 0.939 bits per heavy atom. The van der Waals surface area contributed by atoms with Gasteiger partial charge in [-0.3, -0.25) is 4.98 Å². The van der Waals surface area contributed by atoms with Crippen molar-refractivity contribution in [2.75, 3.05) is 0 Å². The van der Waals surface area contributed by atoms with Crippen molar-refractivity contribution in [2.24, 2.45) is 0 Å². The van der Waals surface area contributed by atoms with Crippen LogP contribution < -0.4 is 0 Å². The van der Waals surface area contributed by atoms with E-state index in [4.69, 9.17) is 9.97 Å². The van der Waals surface area contributed by atoms with Gasteiger partial charge in [0.2, 0.25) is 0 Å². The zero-order valence-electron chi connectivity index (χ0n) is 26.5. The van der Waals surface area contributed by atoms with Gasteiger partial charge in [-0.1, -0.05) is 152 Å². The average Bonchev–Trinajstić information content (AvgIpc) is 3.57. The SMILES string of the molecule is c1cc(-c2ccc(-c3ccccc3-c3cnc4c5ccccc5c5ccccc5c4n3)cc2)cc(-c2cccc3c2sc2ccccc23)c1. The normalized spacial score (nSPS) is 11.7. The fraction of sp³-hybridized carbons (Fsp3) is 0. The third-order valence-electron chi connectivity index (χ3n) is 9.74. The number of thiophene rings is 1. The van der Waals surface area contributed by atoms with E-state index in [0.29, 0.717) is 0 Å². The summed E-state index contributed by atoms with van der Waals surface area (Å²) in [4.78, 5) is 10.3. The number of nitrogens with zero attached hydrogens (tertiary/aromatic N) is 2. The summed E-state index contributed by atoms with van der Waals surface area (Å²) in [5.41, 5.74) is 11.0. The number of aromatic nitrogens is 2. The maximum atomic E-state index is 5.29. The van der Waals surface area contributed by atoms with Gasteiger partial charge in [-0.25, -0.2) is 4.98 Å². The number of fused-ring (bicyclic) bond motifs is 9. The minimum atomic E-state index is 0.871. The molecular weight excluding hydrogens is 613 g/mol. The van der Waals surface area contributed by atoms with Crippen LogP contribution in [0.4, 0.5) is 0 Å². The van der Waals surface area contributed by atoms with Crippen LogP contribution >= 0.6 is 11.3 Å². The lowest BCUT2D eigenvalue weighted by Gasteiger charge is -2.13. The first-order valence-corrected chi connectivity index (χ1v) is 17.4. The highest BCUT2D eigenvalue weighted by molar-refractivity contribution is 7.26. The summed E-state index contributed by atoms with van der Waals surface area (Å²) in [6.07, 6.45) is 1.93. The monoisotopic (exact) mass is 640 g/mol. The summed E-state index contributed by atoms with van der Waals surface area (Å²) in [5.74, 6) is 0. The van der Waals surface area contributed by atoms with Crippen molar-refractivity contribution in [1.29, 1.82) is 0 Å². The summed E-state index contributed by atoms with van der Waals surface area (Å²) < 4.78 is 2.67. The van der Waals surface area contributed by atoms with Gasteiger partial charge in [0.1, 0.15) is 0 Å². The van der Waals surface area contributed by atoms with E-state index in [0.717, 1.165) is 44.2 Å². The van der Waals surface area contributed by atoms with Crippen molar-refractivity contribution >= 4 is 64.1 Å². The third kappa shape index (κ3) is 4.55. The molecule has 2 heterocycles. The van der Waals surface area contributed by atoms with Crippen LogP contribution in [0.25, 0.3) is 97.4 Å². The first kappa shape index (κ1) is 27.9. The molecule has 0 unspecified atom stereocenters. The van der Waals surface area contributed by atoms with Gasteiger partial charge in [-0.2, -0.15) is 0 Å². The molecule has 49 heavy (non-hydrogen) atoms. The number of benzene rings is 8. The molecule has 0 aliphatic rings. The molecule has 228 valence electrons. The van der Waals surface area contributed by atoms with Crippen molar-refractivity contribution in [3.63, 3.8) is 0 Å². The molecule has 0 radical (unpaired) electrons. The number of hydrogen-bond donors (Lipinski definition) is 0. The van der Waals surface area contributed by atoms with Gasteiger partial charge in [0.25, 0.3) is 0 Å². The van der Waals surface area contributed by atoms with Gasteiger partial charge in [0, 0.05) is 36.5 Å². The molecule has 0 saturated heterocycles. The van der Waals surface area contributed by atoms with Gasteiger partial charge in [0.15, 0.2) is 0 Å². The number of rotatable bonds is 4. The molecule has 8 aromatic carbocycles. The van der Waals surface area contributed by atoms with E-state index in [9.17, 15) is 0 Å². The fourth-order valence-corrected chi connectivity index (χ4v) is 8.63. The van der Waals surface area contributed by atoms with E-state index >= 15 is 0 Å². The van der Waals surface area contributed by atoms with Crippen LogP contribution in [-0.2, 0) is 0 Å². The van der Waals surface area contributed by atoms with E-state index in [2.05, 4.69) is 164 Å². The third-order valence-corrected chi connectivity index (χ3v) is 11.0. The molecule has 0 bridgehead atoms. The second kappa shape index (κ2) is 11.2. The average molecular weight is 641 g/mol. The summed E-state index contributed by atoms with van der Waals surface area (Å²) >= 11 is 1.88. The van der Waals surface area contributed by atoms with Gasteiger partial charge in [-0.15, -0.1) is 11.3 Å². The van der Waals surface area contributed by atoms with E-state index in [1.807, 2.05) is 17.5 Å². The standard InChI is InChI=1S/C46H28N2S/c1-4-16-37(42-28-47-44-39-18-5-2-14-35(39)36-15-3-6-19-40(36)45(44)48-42)33(13-1)30-25-23-29(24-26-30)31-11-9-12-32(27-31)34-20-10-21-41-38-17-7-8-22-43(38)49-46(34)41/h1-28H. The minimum Gasteiger partial charge on any atom is -0.252 e. The lowest BCUT2D eigenvalue weighted by atomic mass is 9.94. The molecular formula is C46H28N2S. The maximum absolute atomic E-state index is 5.29. The molecule has 3 heteroatoms. The zero-order chi connectivity index (χ0) is 32.3. The Morgan fingerprint density at radius 1 is 0.367 bits per heavy atom. The second-order valence-electron chi connectivity index (χ2n) is 12.5. The second-order valence-corrected chi connectivity index (χ2v) is 13.6. The quantitative estimate of drug-likeness (QED) is 0.179. The maximum Gasteiger partial charge on any atom is 0.0979 e. The highest BCUT2D eigenvalue weighted by atomic mass is 32.1. The van der Waals surface area contributed by atoms with Crippen LogP contribution in [0.1, 0.15) is 0 Å². The van der Waals surface area contributed by atoms with E-state index < -0.39 is 0 Å². The molecule has 0 aliphatic carbocycles. The zero-order valence-corrected chi connectivity index (χ0v) is 27.3. The summed E-state index contributed by atoms with van der Waals surface area (Å²) in [6, 6.07) is 58.7. The Hall–Kier alpha value is -6.16. The van der Waals surface area contributed by atoms with Crippen LogP contribution in [0.2, 0.25) is 0 Å². The topological polar surface area (TPSA) is 25.8 Å². The van der Waals surface area contributed by atoms with Crippen LogP contribution in [-0.4, -0.2) is 9.97 Å². The lowest BCUT2D eigenvalue weighted by Crippen LogP contribution is -1.93. The molecule has 2 nitrogen and oxygen atoms in total. The van der Waals surface area contributed by atoms with Gasteiger partial charge < -0.3 is 0 Å². The molecule has 10 rings (SSSR count). The van der Waals surface area contributed by atoms with Crippen LogP contribution in [0, 0.1) is 0 Å². The first-order chi connectivity index (χ1) is 24.3. The Kier molecular flexibility index (Phi) is 6.39. The van der Waals surface area contributed by atoms with Crippen molar-refractivity contribution in [2.45, 2.75) is 0 Å². The summed E-state index contributed by atoms with van der Waals surface area (Å²) in [6.45, 7) is 0. The molecule has 0 aliphatic heterocycles. The fourth-order valence-electron chi connectivity index (χ4n) is 7.39. The highest BCUT2D eigenvalue weighted by Gasteiger charge is 2.15. The number of hydrogen-bond acceptors (Lipinski definition) is 3. The Bertz CT molecular complexity index is 2850. The lowest BCUT2D eigenvalue weighted by molar-refractivity contribution is 1.31. The van der Waals surface area contributed by atoms with E-state index in [1.54, 1.807) is 0 Å². The van der Waals surface area contributed by atoms with Gasteiger partial charge in [-0.05, 0) is 56.3 Å². The Morgan fingerprint density at radius 3 is 1.73 bits per heavy atom. The summed E-state index contributed by atoms with van der Waals surface area (Å²) in [5, 5.41) is 7.31. The van der Waals surface area contributed by atoms with Gasteiger partial charge in [0.05, 0.1) is 22.9 Å². The smallest absolute Gasteiger partial charge is 0.0979 e. The predicted molar refractivity (Wildman–Crippen MR) is 209 cm³/mol. The van der Waals surface area contributed by atoms with E-state index in [1.165, 1.54) is 53.2 Å².